The van der Waals surface area contributed by atoms with E-state index in [0.717, 1.165) is 49.3 Å². The van der Waals surface area contributed by atoms with Crippen LogP contribution in [0.3, 0.4) is 0 Å². The summed E-state index contributed by atoms with van der Waals surface area (Å²) in [4.78, 5) is 14.4. The van der Waals surface area contributed by atoms with E-state index in [9.17, 15) is 4.79 Å². The molecule has 1 aromatic rings. The van der Waals surface area contributed by atoms with Gasteiger partial charge in [-0.2, -0.15) is 0 Å². The molecule has 21 heavy (non-hydrogen) atoms. The zero-order valence-electron chi connectivity index (χ0n) is 13.3. The maximum absolute atomic E-state index is 12.3. The standard InChI is InChI=1S/C18H25NO2/c1-4-11-21-17-9-5-14(6-10-17)12-15-7-8-16(18(15)20)13-19(2)3/h5-6,9-10,12,16H,4,7-8,11,13H2,1-3H3. The van der Waals surface area contributed by atoms with Crippen molar-refractivity contribution < 1.29 is 9.53 Å². The molecule has 0 aromatic heterocycles. The van der Waals surface area contributed by atoms with Gasteiger partial charge in [-0.1, -0.05) is 19.1 Å². The van der Waals surface area contributed by atoms with E-state index in [4.69, 9.17) is 4.74 Å². The average molecular weight is 287 g/mol. The van der Waals surface area contributed by atoms with Crippen LogP contribution in [0.1, 0.15) is 31.7 Å². The Hall–Kier alpha value is -1.61. The molecule has 1 unspecified atom stereocenters. The summed E-state index contributed by atoms with van der Waals surface area (Å²) >= 11 is 0. The van der Waals surface area contributed by atoms with Crippen molar-refractivity contribution in [3.05, 3.63) is 35.4 Å². The van der Waals surface area contributed by atoms with Crippen molar-refractivity contribution in [2.45, 2.75) is 26.2 Å². The monoisotopic (exact) mass is 287 g/mol. The van der Waals surface area contributed by atoms with Gasteiger partial charge >= 0.3 is 0 Å². The molecule has 0 bridgehead atoms. The van der Waals surface area contributed by atoms with Gasteiger partial charge in [0.05, 0.1) is 6.61 Å². The van der Waals surface area contributed by atoms with Crippen LogP contribution in [0, 0.1) is 5.92 Å². The third-order valence-electron chi connectivity index (χ3n) is 3.73. The van der Waals surface area contributed by atoms with E-state index in [1.807, 2.05) is 44.4 Å². The number of Topliss-reactive ketones (excluding diaryl/α,β-unsaturated/α-hetero) is 1. The molecule has 0 spiro atoms. The second kappa shape index (κ2) is 7.41. The highest BCUT2D eigenvalue weighted by Crippen LogP contribution is 2.29. The smallest absolute Gasteiger partial charge is 0.163 e. The van der Waals surface area contributed by atoms with Crippen LogP contribution in [-0.4, -0.2) is 37.9 Å². The first-order valence-corrected chi connectivity index (χ1v) is 7.72. The lowest BCUT2D eigenvalue weighted by Gasteiger charge is -2.13. The van der Waals surface area contributed by atoms with Crippen LogP contribution in [-0.2, 0) is 4.79 Å². The van der Waals surface area contributed by atoms with Gasteiger partial charge in [0, 0.05) is 12.5 Å². The SMILES string of the molecule is CCCOc1ccc(C=C2CCC(CN(C)C)C2=O)cc1. The van der Waals surface area contributed by atoms with Gasteiger partial charge in [-0.25, -0.2) is 0 Å². The van der Waals surface area contributed by atoms with E-state index in [2.05, 4.69) is 11.8 Å². The van der Waals surface area contributed by atoms with Gasteiger partial charge in [-0.3, -0.25) is 4.79 Å². The minimum atomic E-state index is 0.165. The molecule has 114 valence electrons. The fourth-order valence-corrected chi connectivity index (χ4v) is 2.69. The van der Waals surface area contributed by atoms with E-state index in [-0.39, 0.29) is 5.92 Å². The van der Waals surface area contributed by atoms with Crippen molar-refractivity contribution in [2.24, 2.45) is 5.92 Å². The summed E-state index contributed by atoms with van der Waals surface area (Å²) in [6.07, 6.45) is 4.90. The van der Waals surface area contributed by atoms with Crippen LogP contribution < -0.4 is 4.74 Å². The van der Waals surface area contributed by atoms with Crippen LogP contribution in [0.15, 0.2) is 29.8 Å². The van der Waals surface area contributed by atoms with Gasteiger partial charge in [-0.05, 0) is 62.7 Å². The number of ether oxygens (including phenoxy) is 1. The Morgan fingerprint density at radius 3 is 2.62 bits per heavy atom. The molecule has 2 rings (SSSR count). The lowest BCUT2D eigenvalue weighted by Crippen LogP contribution is -2.24. The summed E-state index contributed by atoms with van der Waals surface area (Å²) in [5, 5.41) is 0. The first-order valence-electron chi connectivity index (χ1n) is 7.72. The highest BCUT2D eigenvalue weighted by atomic mass is 16.5. The van der Waals surface area contributed by atoms with Crippen LogP contribution in [0.25, 0.3) is 6.08 Å². The maximum atomic E-state index is 12.3. The number of allylic oxidation sites excluding steroid dienone is 1. The summed E-state index contributed by atoms with van der Waals surface area (Å²) in [6.45, 7) is 3.68. The highest BCUT2D eigenvalue weighted by Gasteiger charge is 2.29. The summed E-state index contributed by atoms with van der Waals surface area (Å²) in [5.74, 6) is 1.37. The number of benzene rings is 1. The molecule has 0 heterocycles. The molecule has 1 aliphatic rings. The van der Waals surface area contributed by atoms with E-state index >= 15 is 0 Å². The van der Waals surface area contributed by atoms with Crippen molar-refractivity contribution in [3.8, 4) is 5.75 Å². The van der Waals surface area contributed by atoms with Crippen LogP contribution >= 0.6 is 0 Å². The zero-order valence-corrected chi connectivity index (χ0v) is 13.3. The first-order chi connectivity index (χ1) is 10.1. The molecule has 0 N–H and O–H groups in total. The Labute approximate surface area is 127 Å². The van der Waals surface area contributed by atoms with E-state index in [1.54, 1.807) is 0 Å². The highest BCUT2D eigenvalue weighted by molar-refractivity contribution is 6.03. The largest absolute Gasteiger partial charge is 0.494 e. The minimum Gasteiger partial charge on any atom is -0.494 e. The Bertz CT molecular complexity index is 502. The summed E-state index contributed by atoms with van der Waals surface area (Å²) in [6, 6.07) is 7.98. The Balaban J connectivity index is 2.01. The van der Waals surface area contributed by atoms with Crippen molar-refractivity contribution in [3.63, 3.8) is 0 Å². The van der Waals surface area contributed by atoms with Crippen LogP contribution in [0.4, 0.5) is 0 Å². The van der Waals surface area contributed by atoms with Gasteiger partial charge in [0.1, 0.15) is 5.75 Å². The fourth-order valence-electron chi connectivity index (χ4n) is 2.69. The predicted molar refractivity (Wildman–Crippen MR) is 86.5 cm³/mol. The number of nitrogens with zero attached hydrogens (tertiary/aromatic N) is 1. The molecule has 0 aliphatic heterocycles. The number of hydrogen-bond donors (Lipinski definition) is 0. The molecule has 0 amide bonds. The lowest BCUT2D eigenvalue weighted by molar-refractivity contribution is -0.118. The van der Waals surface area contributed by atoms with Gasteiger partial charge in [0.25, 0.3) is 0 Å². The summed E-state index contributed by atoms with van der Waals surface area (Å²) in [7, 11) is 4.04. The number of hydrogen-bond acceptors (Lipinski definition) is 3. The molecule has 1 atom stereocenters. The lowest BCUT2D eigenvalue weighted by atomic mass is 10.0. The minimum absolute atomic E-state index is 0.165. The molecule has 0 radical (unpaired) electrons. The normalized spacial score (nSPS) is 20.5. The number of rotatable bonds is 6. The van der Waals surface area contributed by atoms with Crippen LogP contribution in [0.2, 0.25) is 0 Å². The maximum Gasteiger partial charge on any atom is 0.163 e. The molecule has 3 heteroatoms. The Kier molecular flexibility index (Phi) is 5.57. The molecular weight excluding hydrogens is 262 g/mol. The zero-order chi connectivity index (χ0) is 15.2. The van der Waals surface area contributed by atoms with Gasteiger partial charge < -0.3 is 9.64 Å². The van der Waals surface area contributed by atoms with E-state index in [0.29, 0.717) is 5.78 Å². The Morgan fingerprint density at radius 1 is 1.29 bits per heavy atom. The van der Waals surface area contributed by atoms with Gasteiger partial charge in [-0.15, -0.1) is 0 Å². The molecular formula is C18H25NO2. The van der Waals surface area contributed by atoms with Crippen molar-refractivity contribution in [2.75, 3.05) is 27.2 Å². The number of carbonyl (C=O) groups is 1. The predicted octanol–water partition coefficient (Wildman–Crippen LogP) is 3.40. The second-order valence-corrected chi connectivity index (χ2v) is 5.95. The Morgan fingerprint density at radius 2 is 2.00 bits per heavy atom. The molecule has 0 saturated heterocycles. The molecule has 1 aromatic carbocycles. The number of ketones is 1. The molecule has 1 saturated carbocycles. The van der Waals surface area contributed by atoms with E-state index < -0.39 is 0 Å². The first kappa shape index (κ1) is 15.8. The third kappa shape index (κ3) is 4.43. The average Bonchev–Trinajstić information content (AvgIpc) is 2.79. The van der Waals surface area contributed by atoms with Gasteiger partial charge in [0.15, 0.2) is 5.78 Å². The van der Waals surface area contributed by atoms with Crippen molar-refractivity contribution in [1.29, 1.82) is 0 Å². The second-order valence-electron chi connectivity index (χ2n) is 5.95. The summed E-state index contributed by atoms with van der Waals surface area (Å²) < 4.78 is 5.57. The molecule has 1 fully saturated rings. The number of carbonyl (C=O) groups excluding carboxylic acids is 1. The van der Waals surface area contributed by atoms with E-state index in [1.165, 1.54) is 0 Å². The third-order valence-corrected chi connectivity index (χ3v) is 3.73. The van der Waals surface area contributed by atoms with Crippen LogP contribution in [0.5, 0.6) is 5.75 Å². The van der Waals surface area contributed by atoms with Crippen molar-refractivity contribution >= 4 is 11.9 Å². The van der Waals surface area contributed by atoms with Gasteiger partial charge in [0.2, 0.25) is 0 Å². The topological polar surface area (TPSA) is 29.5 Å². The fraction of sp³-hybridized carbons (Fsp3) is 0.500. The summed E-state index contributed by atoms with van der Waals surface area (Å²) in [5.41, 5.74) is 2.04. The van der Waals surface area contributed by atoms with Crippen molar-refractivity contribution in [1.82, 2.24) is 4.90 Å². The quantitative estimate of drug-likeness (QED) is 0.751. The molecule has 3 nitrogen and oxygen atoms in total. The molecule has 1 aliphatic carbocycles.